The van der Waals surface area contributed by atoms with E-state index in [1.165, 1.54) is 6.21 Å². The second-order valence-corrected chi connectivity index (χ2v) is 6.77. The average Bonchev–Trinajstić information content (AvgIpc) is 3.07. The van der Waals surface area contributed by atoms with Crippen LogP contribution in [0.4, 0.5) is 10.5 Å². The third-order valence-electron chi connectivity index (χ3n) is 4.10. The second-order valence-electron chi connectivity index (χ2n) is 5.73. The maximum absolute atomic E-state index is 12.8. The van der Waals surface area contributed by atoms with Crippen LogP contribution < -0.4 is 10.2 Å². The number of aryl methyl sites for hydroxylation is 1. The third kappa shape index (κ3) is 3.36. The van der Waals surface area contributed by atoms with E-state index in [0.717, 1.165) is 20.9 Å². The molecule has 2 heterocycles. The summed E-state index contributed by atoms with van der Waals surface area (Å²) in [7, 11) is 0. The zero-order valence-corrected chi connectivity index (χ0v) is 14.7. The lowest BCUT2D eigenvalue weighted by molar-refractivity contribution is -0.131. The molecular formula is C18H17N3O3S. The normalized spacial score (nSPS) is 18.1. The van der Waals surface area contributed by atoms with Crippen LogP contribution in [0, 0.1) is 19.8 Å². The predicted octanol–water partition coefficient (Wildman–Crippen LogP) is 2.83. The van der Waals surface area contributed by atoms with E-state index >= 15 is 0 Å². The lowest BCUT2D eigenvalue weighted by atomic mass is 10.0. The van der Waals surface area contributed by atoms with Crippen molar-refractivity contribution in [2.45, 2.75) is 20.4 Å². The molecule has 7 heteroatoms. The molecule has 0 aliphatic carbocycles. The smallest absolute Gasteiger partial charge is 0.291 e. The Balaban J connectivity index is 1.86. The second kappa shape index (κ2) is 6.98. The van der Waals surface area contributed by atoms with E-state index in [9.17, 15) is 14.4 Å². The molecule has 1 aliphatic rings. The molecule has 1 aliphatic heterocycles. The van der Waals surface area contributed by atoms with Gasteiger partial charge >= 0.3 is 6.03 Å². The van der Waals surface area contributed by atoms with Crippen LogP contribution in [0.3, 0.4) is 0 Å². The number of urea groups is 1. The summed E-state index contributed by atoms with van der Waals surface area (Å²) < 4.78 is 0. The highest BCUT2D eigenvalue weighted by Crippen LogP contribution is 2.26. The highest BCUT2D eigenvalue weighted by Gasteiger charge is 2.40. The number of imide groups is 2. The van der Waals surface area contributed by atoms with Crippen LogP contribution in [0.25, 0.3) is 0 Å². The quantitative estimate of drug-likeness (QED) is 0.676. The lowest BCUT2D eigenvalue weighted by Crippen LogP contribution is -2.58. The van der Waals surface area contributed by atoms with Gasteiger partial charge in [0.15, 0.2) is 5.92 Å². The van der Waals surface area contributed by atoms with Gasteiger partial charge in [-0.25, -0.2) is 9.69 Å². The third-order valence-corrected chi connectivity index (χ3v) is 4.96. The number of hydrogen-bond donors (Lipinski definition) is 1. The van der Waals surface area contributed by atoms with Gasteiger partial charge in [0.25, 0.3) is 5.91 Å². The molecule has 0 unspecified atom stereocenters. The number of barbiturate groups is 1. The maximum atomic E-state index is 12.8. The van der Waals surface area contributed by atoms with Crippen molar-refractivity contribution in [3.05, 3.63) is 51.7 Å². The minimum Gasteiger partial charge on any atom is -0.291 e. The molecular weight excluding hydrogens is 338 g/mol. The molecule has 1 aromatic carbocycles. The minimum atomic E-state index is -1.11. The van der Waals surface area contributed by atoms with E-state index in [1.807, 2.05) is 37.4 Å². The van der Waals surface area contributed by atoms with E-state index in [2.05, 4.69) is 10.3 Å². The van der Waals surface area contributed by atoms with Crippen LogP contribution in [0.15, 0.2) is 40.7 Å². The zero-order chi connectivity index (χ0) is 18.0. The Morgan fingerprint density at radius 1 is 1.20 bits per heavy atom. The van der Waals surface area contributed by atoms with Gasteiger partial charge in [-0.2, -0.15) is 0 Å². The summed E-state index contributed by atoms with van der Waals surface area (Å²) in [5.74, 6) is -2.35. The predicted molar refractivity (Wildman–Crippen MR) is 96.9 cm³/mol. The topological polar surface area (TPSA) is 78.8 Å². The summed E-state index contributed by atoms with van der Waals surface area (Å²) in [6.07, 6.45) is 1.32. The summed E-state index contributed by atoms with van der Waals surface area (Å²) in [5.41, 5.74) is 2.25. The average molecular weight is 355 g/mol. The molecule has 128 valence electrons. The number of rotatable bonds is 4. The van der Waals surface area contributed by atoms with Crippen molar-refractivity contribution in [3.63, 3.8) is 0 Å². The Labute approximate surface area is 149 Å². The molecule has 0 spiro atoms. The Morgan fingerprint density at radius 2 is 2.00 bits per heavy atom. The lowest BCUT2D eigenvalue weighted by Gasteiger charge is -2.29. The van der Waals surface area contributed by atoms with Gasteiger partial charge in [-0.1, -0.05) is 18.2 Å². The molecule has 1 atom stereocenters. The SMILES string of the molecule is Cc1cccc(N2C(=O)NC(=O)[C@H](C=NCc3cccs3)C2=O)c1C. The summed E-state index contributed by atoms with van der Waals surface area (Å²) in [4.78, 5) is 43.3. The molecule has 3 rings (SSSR count). The zero-order valence-electron chi connectivity index (χ0n) is 13.9. The van der Waals surface area contributed by atoms with Crippen LogP contribution in [0.2, 0.25) is 0 Å². The van der Waals surface area contributed by atoms with Gasteiger partial charge in [-0.05, 0) is 42.5 Å². The maximum Gasteiger partial charge on any atom is 0.335 e. The summed E-state index contributed by atoms with van der Waals surface area (Å²) in [6.45, 7) is 4.13. The number of benzene rings is 1. The molecule has 1 aromatic heterocycles. The van der Waals surface area contributed by atoms with Crippen LogP contribution >= 0.6 is 11.3 Å². The van der Waals surface area contributed by atoms with E-state index in [-0.39, 0.29) is 0 Å². The number of aliphatic imine (C=N–C) groups is 1. The number of anilines is 1. The van der Waals surface area contributed by atoms with E-state index in [4.69, 9.17) is 0 Å². The standard InChI is InChI=1S/C18H17N3O3S/c1-11-5-3-7-15(12(11)2)21-17(23)14(16(22)20-18(21)24)10-19-9-13-6-4-8-25-13/h3-8,10,14H,9H2,1-2H3,(H,20,22,24)/t14-/m0/s1. The first-order chi connectivity index (χ1) is 12.0. The summed E-state index contributed by atoms with van der Waals surface area (Å²) in [6, 6.07) is 8.47. The molecule has 25 heavy (non-hydrogen) atoms. The molecule has 0 radical (unpaired) electrons. The summed E-state index contributed by atoms with van der Waals surface area (Å²) in [5, 5.41) is 4.17. The first-order valence-electron chi connectivity index (χ1n) is 7.76. The number of thiophene rings is 1. The van der Waals surface area contributed by atoms with Crippen molar-refractivity contribution in [2.75, 3.05) is 4.90 Å². The van der Waals surface area contributed by atoms with Crippen molar-refractivity contribution in [1.29, 1.82) is 0 Å². The number of carbonyl (C=O) groups is 3. The van der Waals surface area contributed by atoms with Gasteiger partial charge in [0.2, 0.25) is 5.91 Å². The fourth-order valence-electron chi connectivity index (χ4n) is 2.58. The van der Waals surface area contributed by atoms with Gasteiger partial charge in [-0.15, -0.1) is 11.3 Å². The van der Waals surface area contributed by atoms with E-state index < -0.39 is 23.8 Å². The Hall–Kier alpha value is -2.80. The van der Waals surface area contributed by atoms with Gasteiger partial charge in [0.05, 0.1) is 12.2 Å². The molecule has 0 bridgehead atoms. The van der Waals surface area contributed by atoms with Gasteiger partial charge < -0.3 is 0 Å². The number of carbonyl (C=O) groups excluding carboxylic acids is 3. The van der Waals surface area contributed by atoms with Gasteiger partial charge in [0.1, 0.15) is 0 Å². The summed E-state index contributed by atoms with van der Waals surface area (Å²) >= 11 is 1.55. The van der Waals surface area contributed by atoms with E-state index in [0.29, 0.717) is 12.2 Å². The van der Waals surface area contributed by atoms with Crippen molar-refractivity contribution in [3.8, 4) is 0 Å². The molecule has 1 fully saturated rings. The Bertz CT molecular complexity index is 858. The molecule has 0 saturated carbocycles. The van der Waals surface area contributed by atoms with Crippen molar-refractivity contribution < 1.29 is 14.4 Å². The molecule has 1 saturated heterocycles. The van der Waals surface area contributed by atoms with Crippen molar-refractivity contribution in [2.24, 2.45) is 10.9 Å². The van der Waals surface area contributed by atoms with Crippen LogP contribution in [0.1, 0.15) is 16.0 Å². The Morgan fingerprint density at radius 3 is 2.72 bits per heavy atom. The van der Waals surface area contributed by atoms with Gasteiger partial charge in [-0.3, -0.25) is 19.9 Å². The number of amides is 4. The monoisotopic (exact) mass is 355 g/mol. The highest BCUT2D eigenvalue weighted by molar-refractivity contribution is 7.09. The minimum absolute atomic E-state index is 0.395. The van der Waals surface area contributed by atoms with E-state index in [1.54, 1.807) is 23.5 Å². The van der Waals surface area contributed by atoms with Crippen LogP contribution in [0.5, 0.6) is 0 Å². The number of nitrogens with zero attached hydrogens (tertiary/aromatic N) is 2. The van der Waals surface area contributed by atoms with Crippen molar-refractivity contribution >= 4 is 41.1 Å². The van der Waals surface area contributed by atoms with Crippen molar-refractivity contribution in [1.82, 2.24) is 5.32 Å². The largest absolute Gasteiger partial charge is 0.335 e. The van der Waals surface area contributed by atoms with Crippen LogP contribution in [-0.4, -0.2) is 24.1 Å². The van der Waals surface area contributed by atoms with Crippen LogP contribution in [-0.2, 0) is 16.1 Å². The molecule has 2 aromatic rings. The highest BCUT2D eigenvalue weighted by atomic mass is 32.1. The molecule has 4 amide bonds. The fourth-order valence-corrected chi connectivity index (χ4v) is 3.22. The first-order valence-corrected chi connectivity index (χ1v) is 8.64. The fraction of sp³-hybridized carbons (Fsp3) is 0.222. The Kier molecular flexibility index (Phi) is 4.76. The number of nitrogens with one attached hydrogen (secondary N) is 1. The first kappa shape index (κ1) is 17.0. The molecule has 6 nitrogen and oxygen atoms in total. The van der Waals surface area contributed by atoms with Gasteiger partial charge in [0, 0.05) is 11.1 Å². The number of hydrogen-bond acceptors (Lipinski definition) is 5. The molecule has 1 N–H and O–H groups in total.